The highest BCUT2D eigenvalue weighted by Gasteiger charge is 2.34. The van der Waals surface area contributed by atoms with Gasteiger partial charge in [-0.15, -0.1) is 0 Å². The fourth-order valence-electron chi connectivity index (χ4n) is 5.49. The highest BCUT2D eigenvalue weighted by Crippen LogP contribution is 2.13. The van der Waals surface area contributed by atoms with E-state index < -0.39 is 115 Å². The molecular weight excluding hydrogens is 797 g/mol. The number of nitrogens with two attached hydrogens (primary N) is 2. The van der Waals surface area contributed by atoms with Crippen molar-refractivity contribution in [2.75, 3.05) is 25.1 Å². The van der Waals surface area contributed by atoms with Crippen LogP contribution in [0.25, 0.3) is 0 Å². The van der Waals surface area contributed by atoms with Gasteiger partial charge in [0.2, 0.25) is 35.4 Å². The fraction of sp³-hybridized carbons (Fsp3) is 0.595. The maximum Gasteiger partial charge on any atom is 0.322 e. The highest BCUT2D eigenvalue weighted by atomic mass is 32.2. The Labute approximate surface area is 345 Å². The number of rotatable bonds is 29. The lowest BCUT2D eigenvalue weighted by molar-refractivity contribution is -0.142. The molecule has 1 aromatic carbocycles. The second-order valence-corrected chi connectivity index (χ2v) is 15.1. The molecule has 1 rings (SSSR count). The molecule has 0 bridgehead atoms. The van der Waals surface area contributed by atoms with Crippen LogP contribution in [-0.2, 0) is 49.6 Å². The van der Waals surface area contributed by atoms with Gasteiger partial charge in [-0.25, -0.2) is 0 Å². The topological polar surface area (TPSA) is 359 Å². The van der Waals surface area contributed by atoms with Gasteiger partial charge in [-0.05, 0) is 80.7 Å². The number of nitrogens with one attached hydrogen (secondary N) is 6. The normalized spacial score (nSPS) is 14.0. The zero-order valence-electron chi connectivity index (χ0n) is 33.4. The number of hydrogen-bond donors (Lipinski definition) is 12. The Kier molecular flexibility index (Phi) is 23.8. The summed E-state index contributed by atoms with van der Waals surface area (Å²) in [5, 5.41) is 51.8. The van der Waals surface area contributed by atoms with Gasteiger partial charge in [0.15, 0.2) is 0 Å². The minimum atomic E-state index is -1.81. The molecule has 0 saturated carbocycles. The smallest absolute Gasteiger partial charge is 0.322 e. The van der Waals surface area contributed by atoms with Crippen LogP contribution in [0.1, 0.15) is 70.8 Å². The molecule has 0 aliphatic carbocycles. The van der Waals surface area contributed by atoms with Crippen molar-refractivity contribution in [2.45, 2.75) is 108 Å². The van der Waals surface area contributed by atoms with Gasteiger partial charge in [0, 0.05) is 12.8 Å². The Balaban J connectivity index is 3.39. The molecule has 0 aromatic heterocycles. The van der Waals surface area contributed by atoms with Gasteiger partial charge < -0.3 is 63.8 Å². The molecule has 6 amide bonds. The summed E-state index contributed by atoms with van der Waals surface area (Å²) in [5.74, 6) is -9.49. The molecule has 0 aliphatic rings. The first-order valence-electron chi connectivity index (χ1n) is 18.9. The molecule has 0 unspecified atom stereocenters. The average molecular weight is 855 g/mol. The molecule has 6 atom stereocenters. The standard InChI is InChI=1S/C37H58N8O13S/c1-20(2)16-26(35(56)42-25(11-12-29(47)48)33(54)40-19-31(51)52)44-37(58)28(18-30(49)50)45-34(55)24(6-4-5-14-38)41-36(57)27(17-21-7-9-22(46)10-8-21)43-32(53)23(39)13-15-59-3/h7-10,20,23-28,46H,4-6,11-19,38-39H2,1-3H3,(H,40,54)(H,41,57)(H,42,56)(H,43,53)(H,44,58)(H,45,55)(H,47,48)(H,49,50)(H,51,52)/t23-,24-,25-,26-,27-,28-/m0/s1. The van der Waals surface area contributed by atoms with E-state index >= 15 is 0 Å². The van der Waals surface area contributed by atoms with Gasteiger partial charge in [-0.1, -0.05) is 26.0 Å². The van der Waals surface area contributed by atoms with E-state index in [0.29, 0.717) is 30.6 Å². The van der Waals surface area contributed by atoms with Gasteiger partial charge >= 0.3 is 17.9 Å². The van der Waals surface area contributed by atoms with Crippen molar-refractivity contribution in [1.29, 1.82) is 0 Å². The number of amides is 6. The third-order valence-electron chi connectivity index (χ3n) is 8.60. The van der Waals surface area contributed by atoms with E-state index in [1.165, 1.54) is 36.0 Å². The Morgan fingerprint density at radius 3 is 1.71 bits per heavy atom. The van der Waals surface area contributed by atoms with Crippen molar-refractivity contribution < 1.29 is 63.6 Å². The van der Waals surface area contributed by atoms with Gasteiger partial charge in [0.1, 0.15) is 42.5 Å². The number of aliphatic carboxylic acids is 3. The minimum Gasteiger partial charge on any atom is -0.508 e. The predicted octanol–water partition coefficient (Wildman–Crippen LogP) is -1.85. The number of aromatic hydroxyl groups is 1. The van der Waals surface area contributed by atoms with Gasteiger partial charge in [-0.3, -0.25) is 43.2 Å². The van der Waals surface area contributed by atoms with E-state index in [4.69, 9.17) is 21.7 Å². The lowest BCUT2D eigenvalue weighted by Gasteiger charge is -2.27. The number of carboxylic acids is 3. The van der Waals surface area contributed by atoms with Gasteiger partial charge in [0.25, 0.3) is 0 Å². The quantitative estimate of drug-likeness (QED) is 0.0394. The van der Waals surface area contributed by atoms with E-state index in [0.717, 1.165) is 0 Å². The maximum atomic E-state index is 13.8. The molecule has 330 valence electrons. The van der Waals surface area contributed by atoms with Gasteiger partial charge in [0.05, 0.1) is 12.5 Å². The lowest BCUT2D eigenvalue weighted by atomic mass is 10.0. The third-order valence-corrected chi connectivity index (χ3v) is 9.25. The molecule has 14 N–H and O–H groups in total. The molecule has 0 saturated heterocycles. The van der Waals surface area contributed by atoms with Crippen LogP contribution in [0.3, 0.4) is 0 Å². The van der Waals surface area contributed by atoms with Crippen molar-refractivity contribution in [2.24, 2.45) is 17.4 Å². The Morgan fingerprint density at radius 1 is 0.644 bits per heavy atom. The average Bonchev–Trinajstić information content (AvgIpc) is 3.16. The third kappa shape index (κ3) is 21.2. The van der Waals surface area contributed by atoms with E-state index in [9.17, 15) is 53.4 Å². The summed E-state index contributed by atoms with van der Waals surface area (Å²) < 4.78 is 0. The molecule has 0 fully saturated rings. The van der Waals surface area contributed by atoms with Crippen LogP contribution in [-0.4, -0.2) is 135 Å². The predicted molar refractivity (Wildman–Crippen MR) is 215 cm³/mol. The summed E-state index contributed by atoms with van der Waals surface area (Å²) in [6.07, 6.45) is 0.713. The molecule has 0 spiro atoms. The lowest BCUT2D eigenvalue weighted by Crippen LogP contribution is -2.60. The summed E-state index contributed by atoms with van der Waals surface area (Å²) >= 11 is 1.47. The number of unbranched alkanes of at least 4 members (excludes halogenated alkanes) is 1. The molecule has 0 aliphatic heterocycles. The summed E-state index contributed by atoms with van der Waals surface area (Å²) in [4.78, 5) is 115. The number of thioether (sulfide) groups is 1. The summed E-state index contributed by atoms with van der Waals surface area (Å²) in [6.45, 7) is 2.79. The Hall–Kier alpha value is -5.48. The number of phenolic OH excluding ortho intramolecular Hbond substituents is 1. The molecule has 22 heteroatoms. The van der Waals surface area contributed by atoms with Crippen molar-refractivity contribution >= 4 is 65.1 Å². The van der Waals surface area contributed by atoms with Crippen molar-refractivity contribution in [3.63, 3.8) is 0 Å². The molecular formula is C37H58N8O13S. The maximum absolute atomic E-state index is 13.8. The second-order valence-electron chi connectivity index (χ2n) is 14.1. The zero-order chi connectivity index (χ0) is 44.7. The first kappa shape index (κ1) is 51.5. The summed E-state index contributed by atoms with van der Waals surface area (Å²) in [5.41, 5.74) is 12.2. The number of carboxylic acid groups (broad SMARTS) is 3. The first-order chi connectivity index (χ1) is 27.8. The van der Waals surface area contributed by atoms with E-state index in [1.807, 2.05) is 6.26 Å². The molecule has 0 radical (unpaired) electrons. The van der Waals surface area contributed by atoms with Gasteiger partial charge in [-0.2, -0.15) is 11.8 Å². The van der Waals surface area contributed by atoms with Crippen LogP contribution in [0.2, 0.25) is 0 Å². The van der Waals surface area contributed by atoms with Crippen LogP contribution in [0, 0.1) is 5.92 Å². The number of hydrogen-bond acceptors (Lipinski definition) is 13. The Morgan fingerprint density at radius 2 is 1.17 bits per heavy atom. The van der Waals surface area contributed by atoms with Crippen LogP contribution < -0.4 is 43.4 Å². The van der Waals surface area contributed by atoms with Crippen LogP contribution in [0.5, 0.6) is 5.75 Å². The second kappa shape index (κ2) is 27.3. The van der Waals surface area contributed by atoms with E-state index in [1.54, 1.807) is 13.8 Å². The molecule has 59 heavy (non-hydrogen) atoms. The van der Waals surface area contributed by atoms with Crippen molar-refractivity contribution in [3.8, 4) is 5.75 Å². The Bertz CT molecular complexity index is 1600. The SMILES string of the molecule is CSCC[C@H](N)C(=O)N[C@@H](Cc1ccc(O)cc1)C(=O)N[C@@H](CCCCN)C(=O)N[C@@H](CC(=O)O)C(=O)N[C@@H](CC(C)C)C(=O)N[C@@H](CCC(=O)O)C(=O)NCC(=O)O. The summed E-state index contributed by atoms with van der Waals surface area (Å²) in [6, 6.07) is -2.53. The first-order valence-corrected chi connectivity index (χ1v) is 20.3. The fourth-order valence-corrected chi connectivity index (χ4v) is 5.98. The van der Waals surface area contributed by atoms with Crippen molar-refractivity contribution in [3.05, 3.63) is 29.8 Å². The van der Waals surface area contributed by atoms with Crippen molar-refractivity contribution in [1.82, 2.24) is 31.9 Å². The van der Waals surface area contributed by atoms with E-state index in [2.05, 4.69) is 31.9 Å². The number of benzene rings is 1. The largest absolute Gasteiger partial charge is 0.508 e. The highest BCUT2D eigenvalue weighted by molar-refractivity contribution is 7.98. The van der Waals surface area contributed by atoms with Crippen LogP contribution in [0.15, 0.2) is 24.3 Å². The van der Waals surface area contributed by atoms with Crippen LogP contribution in [0.4, 0.5) is 0 Å². The molecule has 1 aromatic rings. The van der Waals surface area contributed by atoms with E-state index in [-0.39, 0.29) is 37.5 Å². The molecule has 21 nitrogen and oxygen atoms in total. The number of carbonyl (C=O) groups is 9. The molecule has 0 heterocycles. The number of phenols is 1. The monoisotopic (exact) mass is 854 g/mol. The van der Waals surface area contributed by atoms with Crippen LogP contribution >= 0.6 is 11.8 Å². The zero-order valence-corrected chi connectivity index (χ0v) is 34.2. The minimum absolute atomic E-state index is 0.0245. The summed E-state index contributed by atoms with van der Waals surface area (Å²) in [7, 11) is 0. The number of carbonyl (C=O) groups excluding carboxylic acids is 6.